The highest BCUT2D eigenvalue weighted by atomic mass is 16.2. The molecule has 0 bridgehead atoms. The number of benzene rings is 1. The highest BCUT2D eigenvalue weighted by molar-refractivity contribution is 6.10. The predicted molar refractivity (Wildman–Crippen MR) is 108 cm³/mol. The fourth-order valence-corrected chi connectivity index (χ4v) is 3.92. The molecular formula is C22H24N4O. The summed E-state index contributed by atoms with van der Waals surface area (Å²) in [6.07, 6.45) is 8.83. The molecule has 4 rings (SSSR count). The second-order valence-electron chi connectivity index (χ2n) is 6.99. The van der Waals surface area contributed by atoms with Gasteiger partial charge in [0.15, 0.2) is 0 Å². The van der Waals surface area contributed by atoms with Crippen LogP contribution in [0.2, 0.25) is 0 Å². The minimum atomic E-state index is 0.0396. The van der Waals surface area contributed by atoms with Gasteiger partial charge in [0, 0.05) is 57.6 Å². The van der Waals surface area contributed by atoms with Crippen molar-refractivity contribution in [3.8, 4) is 12.3 Å². The van der Waals surface area contributed by atoms with Crippen LogP contribution < -0.4 is 9.80 Å². The molecule has 27 heavy (non-hydrogen) atoms. The number of carbonyl (C=O) groups excluding carboxylic acids is 1. The van der Waals surface area contributed by atoms with Crippen molar-refractivity contribution in [1.29, 1.82) is 0 Å². The van der Waals surface area contributed by atoms with Gasteiger partial charge in [0.25, 0.3) is 5.91 Å². The van der Waals surface area contributed by atoms with Crippen LogP contribution in [0, 0.1) is 12.3 Å². The van der Waals surface area contributed by atoms with E-state index in [1.165, 1.54) is 5.56 Å². The van der Waals surface area contributed by atoms with E-state index in [2.05, 4.69) is 26.8 Å². The highest BCUT2D eigenvalue weighted by Crippen LogP contribution is 2.30. The minimum absolute atomic E-state index is 0.0396. The van der Waals surface area contributed by atoms with E-state index in [4.69, 9.17) is 6.42 Å². The van der Waals surface area contributed by atoms with E-state index in [9.17, 15) is 4.79 Å². The average molecular weight is 360 g/mol. The molecule has 3 heterocycles. The summed E-state index contributed by atoms with van der Waals surface area (Å²) >= 11 is 0. The van der Waals surface area contributed by atoms with Gasteiger partial charge in [-0.3, -0.25) is 9.69 Å². The van der Waals surface area contributed by atoms with Crippen LogP contribution >= 0.6 is 0 Å². The first-order valence-electron chi connectivity index (χ1n) is 9.53. The van der Waals surface area contributed by atoms with E-state index in [0.29, 0.717) is 5.56 Å². The summed E-state index contributed by atoms with van der Waals surface area (Å²) in [6, 6.07) is 11.9. The maximum absolute atomic E-state index is 13.3. The van der Waals surface area contributed by atoms with Crippen LogP contribution in [0.25, 0.3) is 0 Å². The third kappa shape index (κ3) is 3.54. The molecule has 0 aliphatic carbocycles. The fraction of sp³-hybridized carbons (Fsp3) is 0.364. The largest absolute Gasteiger partial charge is 0.353 e. The van der Waals surface area contributed by atoms with Crippen molar-refractivity contribution in [1.82, 2.24) is 9.88 Å². The monoisotopic (exact) mass is 360 g/mol. The van der Waals surface area contributed by atoms with Gasteiger partial charge in [0.2, 0.25) is 0 Å². The van der Waals surface area contributed by atoms with Gasteiger partial charge in [-0.1, -0.05) is 18.2 Å². The lowest BCUT2D eigenvalue weighted by atomic mass is 10.1. The van der Waals surface area contributed by atoms with E-state index >= 15 is 0 Å². The summed E-state index contributed by atoms with van der Waals surface area (Å²) in [5.74, 6) is 3.54. The van der Waals surface area contributed by atoms with Crippen molar-refractivity contribution in [2.24, 2.45) is 0 Å². The molecule has 1 fully saturated rings. The van der Waals surface area contributed by atoms with Crippen molar-refractivity contribution >= 4 is 17.4 Å². The molecule has 1 amide bonds. The number of piperazine rings is 1. The maximum Gasteiger partial charge on any atom is 0.262 e. The molecule has 2 aromatic rings. The van der Waals surface area contributed by atoms with Gasteiger partial charge in [-0.05, 0) is 30.2 Å². The molecule has 1 saturated heterocycles. The van der Waals surface area contributed by atoms with E-state index in [0.717, 1.165) is 63.6 Å². The van der Waals surface area contributed by atoms with Gasteiger partial charge in [0.1, 0.15) is 5.82 Å². The summed E-state index contributed by atoms with van der Waals surface area (Å²) in [4.78, 5) is 24.4. The van der Waals surface area contributed by atoms with Gasteiger partial charge in [-0.2, -0.15) is 0 Å². The van der Waals surface area contributed by atoms with Crippen LogP contribution in [0.4, 0.5) is 11.5 Å². The third-order valence-corrected chi connectivity index (χ3v) is 5.39. The van der Waals surface area contributed by atoms with Crippen LogP contribution in [0.15, 0.2) is 42.6 Å². The molecule has 0 spiro atoms. The van der Waals surface area contributed by atoms with E-state index in [-0.39, 0.29) is 5.91 Å². The Bertz CT molecular complexity index is 865. The van der Waals surface area contributed by atoms with Crippen LogP contribution in [-0.2, 0) is 6.42 Å². The zero-order valence-electron chi connectivity index (χ0n) is 15.5. The normalized spacial score (nSPS) is 16.9. The molecule has 1 aromatic carbocycles. The molecule has 0 radical (unpaired) electrons. The van der Waals surface area contributed by atoms with Crippen LogP contribution in [0.5, 0.6) is 0 Å². The number of aromatic nitrogens is 1. The van der Waals surface area contributed by atoms with Gasteiger partial charge in [-0.25, -0.2) is 4.98 Å². The molecule has 1 aromatic heterocycles. The number of amides is 1. The quantitative estimate of drug-likeness (QED) is 0.785. The molecule has 2 aliphatic rings. The Morgan fingerprint density at radius 3 is 2.70 bits per heavy atom. The Morgan fingerprint density at radius 2 is 1.89 bits per heavy atom. The van der Waals surface area contributed by atoms with Crippen LogP contribution in [0.3, 0.4) is 0 Å². The van der Waals surface area contributed by atoms with Gasteiger partial charge >= 0.3 is 0 Å². The van der Waals surface area contributed by atoms with Gasteiger partial charge in [0.05, 0.1) is 5.56 Å². The smallest absolute Gasteiger partial charge is 0.262 e. The summed E-state index contributed by atoms with van der Waals surface area (Å²) in [5, 5.41) is 0. The number of hydrogen-bond donors (Lipinski definition) is 0. The Morgan fingerprint density at radius 1 is 1.07 bits per heavy atom. The molecule has 5 heteroatoms. The molecule has 0 N–H and O–H groups in total. The van der Waals surface area contributed by atoms with E-state index in [1.807, 2.05) is 35.2 Å². The Balaban J connectivity index is 1.53. The number of fused-ring (bicyclic) bond motifs is 1. The second kappa shape index (κ2) is 7.81. The van der Waals surface area contributed by atoms with Crippen molar-refractivity contribution in [3.63, 3.8) is 0 Å². The van der Waals surface area contributed by atoms with Gasteiger partial charge < -0.3 is 9.80 Å². The van der Waals surface area contributed by atoms with Crippen molar-refractivity contribution in [3.05, 3.63) is 53.7 Å². The second-order valence-corrected chi connectivity index (χ2v) is 6.99. The number of terminal acetylenes is 1. The number of anilines is 2. The van der Waals surface area contributed by atoms with E-state index < -0.39 is 0 Å². The lowest BCUT2D eigenvalue weighted by Gasteiger charge is -2.36. The predicted octanol–water partition coefficient (Wildman–Crippen LogP) is 2.43. The zero-order chi connectivity index (χ0) is 18.6. The SMILES string of the molecule is C#CCCN1CCN(c2ncccc2C(=O)N2CCc3ccccc32)CC1. The minimum Gasteiger partial charge on any atom is -0.353 e. The Kier molecular flexibility index (Phi) is 5.08. The molecule has 2 aliphatic heterocycles. The zero-order valence-corrected chi connectivity index (χ0v) is 15.5. The number of pyridine rings is 1. The van der Waals surface area contributed by atoms with Crippen LogP contribution in [-0.4, -0.2) is 55.1 Å². The van der Waals surface area contributed by atoms with Crippen LogP contribution in [0.1, 0.15) is 22.3 Å². The number of hydrogen-bond acceptors (Lipinski definition) is 4. The summed E-state index contributed by atoms with van der Waals surface area (Å²) < 4.78 is 0. The Labute approximate surface area is 160 Å². The number of para-hydroxylation sites is 1. The molecule has 138 valence electrons. The van der Waals surface area contributed by atoms with Crippen molar-refractivity contribution in [2.45, 2.75) is 12.8 Å². The molecule has 0 atom stereocenters. The molecular weight excluding hydrogens is 336 g/mol. The number of carbonyl (C=O) groups is 1. The van der Waals surface area contributed by atoms with E-state index in [1.54, 1.807) is 6.20 Å². The van der Waals surface area contributed by atoms with Crippen molar-refractivity contribution < 1.29 is 4.79 Å². The average Bonchev–Trinajstić information content (AvgIpc) is 3.16. The molecule has 0 saturated carbocycles. The standard InChI is InChI=1S/C22H24N4O/c1-2-3-12-24-14-16-25(17-15-24)21-19(8-6-11-23-21)22(27)26-13-10-18-7-4-5-9-20(18)26/h1,4-9,11H,3,10,12-17H2. The van der Waals surface area contributed by atoms with Gasteiger partial charge in [-0.15, -0.1) is 12.3 Å². The fourth-order valence-electron chi connectivity index (χ4n) is 3.92. The summed E-state index contributed by atoms with van der Waals surface area (Å²) in [7, 11) is 0. The summed E-state index contributed by atoms with van der Waals surface area (Å²) in [6.45, 7) is 5.27. The third-order valence-electron chi connectivity index (χ3n) is 5.39. The molecule has 0 unspecified atom stereocenters. The Hall–Kier alpha value is -2.84. The summed E-state index contributed by atoms with van der Waals surface area (Å²) in [5.41, 5.74) is 2.95. The maximum atomic E-state index is 13.3. The lowest BCUT2D eigenvalue weighted by Crippen LogP contribution is -2.47. The van der Waals surface area contributed by atoms with Crippen molar-refractivity contribution in [2.75, 3.05) is 49.1 Å². The first-order valence-corrected chi connectivity index (χ1v) is 9.53. The first-order chi connectivity index (χ1) is 13.3. The lowest BCUT2D eigenvalue weighted by molar-refractivity contribution is 0.0989. The molecule has 5 nitrogen and oxygen atoms in total. The number of rotatable bonds is 4. The highest BCUT2D eigenvalue weighted by Gasteiger charge is 2.29. The topological polar surface area (TPSA) is 39.7 Å². The number of nitrogens with zero attached hydrogens (tertiary/aromatic N) is 4. The first kappa shape index (κ1) is 17.6.